The van der Waals surface area contributed by atoms with Gasteiger partial charge in [0.2, 0.25) is 10.0 Å². The molecule has 3 aliphatic heterocycles. The summed E-state index contributed by atoms with van der Waals surface area (Å²) in [5, 5.41) is 10.5. The Morgan fingerprint density at radius 3 is 2.59 bits per heavy atom. The lowest BCUT2D eigenvalue weighted by molar-refractivity contribution is -0.0597. The van der Waals surface area contributed by atoms with Crippen LogP contribution in [0.25, 0.3) is 10.9 Å². The molecule has 10 heteroatoms. The van der Waals surface area contributed by atoms with Crippen molar-refractivity contribution in [2.45, 2.75) is 25.2 Å². The molecule has 9 nitrogen and oxygen atoms in total. The highest BCUT2D eigenvalue weighted by atomic mass is 32.2. The second-order valence-corrected chi connectivity index (χ2v) is 11.7. The van der Waals surface area contributed by atoms with Crippen LogP contribution in [0.4, 0.5) is 5.69 Å². The van der Waals surface area contributed by atoms with Gasteiger partial charge in [0.15, 0.2) is 0 Å². The maximum atomic E-state index is 11.7. The summed E-state index contributed by atoms with van der Waals surface area (Å²) in [6.45, 7) is 9.37. The summed E-state index contributed by atoms with van der Waals surface area (Å²) in [6, 6.07) is 10.6. The summed E-state index contributed by atoms with van der Waals surface area (Å²) in [6.07, 6.45) is 3.25. The molecule has 3 saturated heterocycles. The molecule has 1 aromatic carbocycles. The molecule has 0 unspecified atom stereocenters. The third-order valence-corrected chi connectivity index (χ3v) is 8.50. The number of benzene rings is 1. The Balaban J connectivity index is 1.19. The monoisotopic (exact) mass is 484 g/mol. The summed E-state index contributed by atoms with van der Waals surface area (Å²) in [5.74, 6) is 0. The normalized spacial score (nSPS) is 25.9. The zero-order valence-electron chi connectivity index (χ0n) is 19.8. The number of ether oxygens (including phenoxy) is 1. The molecule has 0 aliphatic carbocycles. The standard InChI is InChI=1S/C24H32N6O3S/c1-18-13-29(23-6-5-19(12-25)24-22(23)4-3-7-26-24)17-21(33-18)16-27-14-20(15-27)28-8-10-30(11-9-28)34(2,31)32/h3-7,18,20-21H,8-11,13-17H2,1-2H3/t18-,21-/m1/s1. The van der Waals surface area contributed by atoms with Crippen molar-refractivity contribution in [2.75, 3.05) is 70.1 Å². The minimum Gasteiger partial charge on any atom is -0.370 e. The molecule has 0 radical (unpaired) electrons. The van der Waals surface area contributed by atoms with Gasteiger partial charge in [-0.2, -0.15) is 9.57 Å². The van der Waals surface area contributed by atoms with Crippen LogP contribution in [0, 0.1) is 11.3 Å². The third kappa shape index (κ3) is 4.76. The average Bonchev–Trinajstić information content (AvgIpc) is 2.79. The number of hydrogen-bond donors (Lipinski definition) is 0. The van der Waals surface area contributed by atoms with E-state index >= 15 is 0 Å². The smallest absolute Gasteiger partial charge is 0.211 e. The van der Waals surface area contributed by atoms with E-state index in [1.54, 1.807) is 10.5 Å². The van der Waals surface area contributed by atoms with Crippen LogP contribution in [0.15, 0.2) is 30.5 Å². The second kappa shape index (κ2) is 9.40. The lowest BCUT2D eigenvalue weighted by Gasteiger charge is -2.49. The number of pyridine rings is 1. The van der Waals surface area contributed by atoms with Gasteiger partial charge in [-0.15, -0.1) is 0 Å². The predicted octanol–water partition coefficient (Wildman–Crippen LogP) is 0.962. The second-order valence-electron chi connectivity index (χ2n) is 9.69. The Hall–Kier alpha value is -2.29. The zero-order valence-corrected chi connectivity index (χ0v) is 20.6. The van der Waals surface area contributed by atoms with E-state index in [1.165, 1.54) is 6.26 Å². The van der Waals surface area contributed by atoms with Gasteiger partial charge in [0, 0.05) is 82.2 Å². The molecular weight excluding hydrogens is 452 g/mol. The van der Waals surface area contributed by atoms with Crippen molar-refractivity contribution < 1.29 is 13.2 Å². The number of hydrogen-bond acceptors (Lipinski definition) is 8. The molecule has 0 saturated carbocycles. The summed E-state index contributed by atoms with van der Waals surface area (Å²) >= 11 is 0. The van der Waals surface area contributed by atoms with Crippen molar-refractivity contribution in [3.8, 4) is 6.07 Å². The first-order chi connectivity index (χ1) is 16.3. The summed E-state index contributed by atoms with van der Waals surface area (Å²) < 4.78 is 31.4. The van der Waals surface area contributed by atoms with Gasteiger partial charge in [0.05, 0.1) is 29.5 Å². The molecule has 182 valence electrons. The predicted molar refractivity (Wildman–Crippen MR) is 131 cm³/mol. The zero-order chi connectivity index (χ0) is 23.9. The van der Waals surface area contributed by atoms with Gasteiger partial charge in [-0.3, -0.25) is 14.8 Å². The fraction of sp³-hybridized carbons (Fsp3) is 0.583. The first kappa shape index (κ1) is 23.5. The Kier molecular flexibility index (Phi) is 6.48. The molecule has 0 bridgehead atoms. The van der Waals surface area contributed by atoms with E-state index in [0.29, 0.717) is 24.7 Å². The van der Waals surface area contributed by atoms with Crippen LogP contribution in [0.2, 0.25) is 0 Å². The minimum absolute atomic E-state index is 0.106. The van der Waals surface area contributed by atoms with Crippen molar-refractivity contribution in [2.24, 2.45) is 0 Å². The van der Waals surface area contributed by atoms with E-state index in [2.05, 4.69) is 32.7 Å². The van der Waals surface area contributed by atoms with Crippen molar-refractivity contribution in [1.82, 2.24) is 19.1 Å². The maximum Gasteiger partial charge on any atom is 0.211 e. The molecule has 2 aromatic rings. The number of nitrogens with zero attached hydrogens (tertiary/aromatic N) is 6. The van der Waals surface area contributed by atoms with Crippen LogP contribution in [0.1, 0.15) is 12.5 Å². The number of morpholine rings is 1. The molecule has 0 N–H and O–H groups in total. The van der Waals surface area contributed by atoms with E-state index in [1.807, 2.05) is 24.3 Å². The highest BCUT2D eigenvalue weighted by Crippen LogP contribution is 2.30. The average molecular weight is 485 g/mol. The van der Waals surface area contributed by atoms with Crippen LogP contribution in [-0.2, 0) is 14.8 Å². The summed E-state index contributed by atoms with van der Waals surface area (Å²) in [4.78, 5) is 11.7. The molecule has 1 aromatic heterocycles. The number of anilines is 1. The molecule has 3 fully saturated rings. The highest BCUT2D eigenvalue weighted by Gasteiger charge is 2.37. The fourth-order valence-corrected chi connectivity index (χ4v) is 6.30. The molecule has 3 aliphatic rings. The van der Waals surface area contributed by atoms with E-state index in [9.17, 15) is 13.7 Å². The van der Waals surface area contributed by atoms with Crippen molar-refractivity contribution in [3.05, 3.63) is 36.0 Å². The lowest BCUT2D eigenvalue weighted by Crippen LogP contribution is -2.65. The van der Waals surface area contributed by atoms with E-state index in [0.717, 1.165) is 62.4 Å². The Bertz CT molecular complexity index is 1180. The third-order valence-electron chi connectivity index (χ3n) is 7.19. The number of piperazine rings is 1. The Labute approximate surface area is 201 Å². The van der Waals surface area contributed by atoms with Crippen LogP contribution in [-0.4, -0.2) is 111 Å². The molecular formula is C24H32N6O3S. The Morgan fingerprint density at radius 2 is 1.88 bits per heavy atom. The first-order valence-electron chi connectivity index (χ1n) is 11.9. The van der Waals surface area contributed by atoms with Crippen LogP contribution in [0.5, 0.6) is 0 Å². The van der Waals surface area contributed by atoms with Gasteiger partial charge in [-0.1, -0.05) is 0 Å². The van der Waals surface area contributed by atoms with Gasteiger partial charge in [-0.25, -0.2) is 8.42 Å². The number of sulfonamides is 1. The van der Waals surface area contributed by atoms with Crippen LogP contribution in [0.3, 0.4) is 0 Å². The highest BCUT2D eigenvalue weighted by molar-refractivity contribution is 7.88. The van der Waals surface area contributed by atoms with Gasteiger partial charge in [0.1, 0.15) is 6.07 Å². The first-order valence-corrected chi connectivity index (χ1v) is 13.8. The maximum absolute atomic E-state index is 11.7. The summed E-state index contributed by atoms with van der Waals surface area (Å²) in [7, 11) is -3.09. The van der Waals surface area contributed by atoms with Gasteiger partial charge < -0.3 is 9.64 Å². The van der Waals surface area contributed by atoms with E-state index < -0.39 is 10.0 Å². The van der Waals surface area contributed by atoms with E-state index in [-0.39, 0.29) is 12.2 Å². The lowest BCUT2D eigenvalue weighted by atomic mass is 10.0. The minimum atomic E-state index is -3.09. The number of rotatable bonds is 5. The quantitative estimate of drug-likeness (QED) is 0.620. The SMILES string of the molecule is C[C@@H]1CN(c2ccc(C#N)c3ncccc23)C[C@@H](CN2CC(N3CCN(S(C)(=O)=O)CC3)C2)O1. The van der Waals surface area contributed by atoms with Crippen LogP contribution >= 0.6 is 0 Å². The van der Waals surface area contributed by atoms with Crippen LogP contribution < -0.4 is 4.90 Å². The van der Waals surface area contributed by atoms with Gasteiger partial charge in [-0.05, 0) is 31.2 Å². The molecule has 34 heavy (non-hydrogen) atoms. The largest absolute Gasteiger partial charge is 0.370 e. The van der Waals surface area contributed by atoms with Crippen molar-refractivity contribution in [3.63, 3.8) is 0 Å². The van der Waals surface area contributed by atoms with Gasteiger partial charge in [0.25, 0.3) is 0 Å². The topological polar surface area (TPSA) is 93.0 Å². The van der Waals surface area contributed by atoms with Gasteiger partial charge >= 0.3 is 0 Å². The number of fused-ring (bicyclic) bond motifs is 1. The molecule has 5 rings (SSSR count). The number of likely N-dealkylation sites (tertiary alicyclic amines) is 1. The van der Waals surface area contributed by atoms with Crippen molar-refractivity contribution >= 4 is 26.6 Å². The molecule has 0 spiro atoms. The fourth-order valence-electron chi connectivity index (χ4n) is 5.48. The number of aromatic nitrogens is 1. The number of nitriles is 1. The molecule has 4 heterocycles. The Morgan fingerprint density at radius 1 is 1.12 bits per heavy atom. The molecule has 2 atom stereocenters. The molecule has 0 amide bonds. The van der Waals surface area contributed by atoms with Crippen molar-refractivity contribution in [1.29, 1.82) is 5.26 Å². The van der Waals surface area contributed by atoms with E-state index in [4.69, 9.17) is 4.74 Å². The summed E-state index contributed by atoms with van der Waals surface area (Å²) in [5.41, 5.74) is 2.45.